The molecule has 0 saturated carbocycles. The van der Waals surface area contributed by atoms with Crippen LogP contribution in [-0.4, -0.2) is 10.9 Å². The van der Waals surface area contributed by atoms with Crippen LogP contribution < -0.4 is 5.32 Å². The predicted molar refractivity (Wildman–Crippen MR) is 58.2 cm³/mol. The van der Waals surface area contributed by atoms with Gasteiger partial charge < -0.3 is 5.32 Å². The lowest BCUT2D eigenvalue weighted by molar-refractivity contribution is -0.124. The van der Waals surface area contributed by atoms with E-state index in [1.54, 1.807) is 11.3 Å². The molecule has 1 aromatic rings. The van der Waals surface area contributed by atoms with E-state index < -0.39 is 0 Å². The van der Waals surface area contributed by atoms with Crippen molar-refractivity contribution in [3.05, 3.63) is 16.1 Å². The Morgan fingerprint density at radius 2 is 2.36 bits per heavy atom. The summed E-state index contributed by atoms with van der Waals surface area (Å²) in [6.07, 6.45) is 0.961. The van der Waals surface area contributed by atoms with Crippen LogP contribution in [0.15, 0.2) is 5.38 Å². The van der Waals surface area contributed by atoms with Gasteiger partial charge in [0.25, 0.3) is 0 Å². The van der Waals surface area contributed by atoms with Crippen LogP contribution in [0.25, 0.3) is 0 Å². The minimum atomic E-state index is 0.0410. The lowest BCUT2D eigenvalue weighted by Crippen LogP contribution is -2.27. The van der Waals surface area contributed by atoms with Crippen LogP contribution in [0.4, 0.5) is 0 Å². The molecule has 1 rings (SSSR count). The predicted octanol–water partition coefficient (Wildman–Crippen LogP) is 1.98. The van der Waals surface area contributed by atoms with Gasteiger partial charge in [0.15, 0.2) is 0 Å². The zero-order valence-electron chi connectivity index (χ0n) is 8.83. The number of hydrogen-bond donors (Lipinski definition) is 1. The fourth-order valence-electron chi connectivity index (χ4n) is 0.974. The van der Waals surface area contributed by atoms with Crippen molar-refractivity contribution in [2.24, 2.45) is 5.92 Å². The molecule has 0 atom stereocenters. The number of amides is 1. The average molecular weight is 212 g/mol. The van der Waals surface area contributed by atoms with Gasteiger partial charge in [-0.25, -0.2) is 4.98 Å². The molecule has 1 heterocycles. The molecule has 0 unspecified atom stereocenters. The van der Waals surface area contributed by atoms with Crippen molar-refractivity contribution in [1.82, 2.24) is 10.3 Å². The molecule has 4 heteroatoms. The minimum absolute atomic E-state index is 0.0410. The second-order valence-electron chi connectivity index (χ2n) is 3.46. The van der Waals surface area contributed by atoms with Crippen LogP contribution >= 0.6 is 11.3 Å². The maximum absolute atomic E-state index is 11.3. The summed E-state index contributed by atoms with van der Waals surface area (Å²) in [6.45, 7) is 6.39. The summed E-state index contributed by atoms with van der Waals surface area (Å²) in [5.74, 6) is 0.121. The highest BCUT2D eigenvalue weighted by molar-refractivity contribution is 7.09. The number of nitrogens with one attached hydrogen (secondary N) is 1. The van der Waals surface area contributed by atoms with Crippen LogP contribution in [0.5, 0.6) is 0 Å². The second-order valence-corrected chi connectivity index (χ2v) is 4.40. The van der Waals surface area contributed by atoms with Gasteiger partial charge in [0.05, 0.1) is 17.2 Å². The molecule has 1 N–H and O–H groups in total. The van der Waals surface area contributed by atoms with E-state index >= 15 is 0 Å². The first kappa shape index (κ1) is 11.2. The van der Waals surface area contributed by atoms with Gasteiger partial charge in [-0.15, -0.1) is 11.3 Å². The largest absolute Gasteiger partial charge is 0.350 e. The summed E-state index contributed by atoms with van der Waals surface area (Å²) >= 11 is 1.65. The van der Waals surface area contributed by atoms with Crippen LogP contribution in [0.2, 0.25) is 0 Å². The van der Waals surface area contributed by atoms with Crippen molar-refractivity contribution in [3.63, 3.8) is 0 Å². The third-order valence-corrected chi connectivity index (χ3v) is 2.91. The lowest BCUT2D eigenvalue weighted by atomic mass is 10.2. The summed E-state index contributed by atoms with van der Waals surface area (Å²) in [4.78, 5) is 15.6. The highest BCUT2D eigenvalue weighted by Gasteiger charge is 2.07. The van der Waals surface area contributed by atoms with E-state index in [1.165, 1.54) is 0 Å². The molecule has 78 valence electrons. The van der Waals surface area contributed by atoms with Crippen molar-refractivity contribution in [1.29, 1.82) is 0 Å². The third-order valence-electron chi connectivity index (χ3n) is 1.87. The lowest BCUT2D eigenvalue weighted by Gasteiger charge is -2.04. The van der Waals surface area contributed by atoms with Gasteiger partial charge in [-0.3, -0.25) is 4.79 Å². The molecule has 0 fully saturated rings. The number of aryl methyl sites for hydroxylation is 1. The van der Waals surface area contributed by atoms with E-state index in [-0.39, 0.29) is 11.8 Å². The van der Waals surface area contributed by atoms with Crippen LogP contribution in [0, 0.1) is 5.92 Å². The Balaban J connectivity index is 2.41. The molecule has 0 aliphatic heterocycles. The van der Waals surface area contributed by atoms with Crippen molar-refractivity contribution in [2.45, 2.75) is 33.7 Å². The number of hydrogen-bond acceptors (Lipinski definition) is 3. The quantitative estimate of drug-likeness (QED) is 0.829. The molecule has 0 saturated heterocycles. The topological polar surface area (TPSA) is 42.0 Å². The van der Waals surface area contributed by atoms with E-state index in [0.717, 1.165) is 17.1 Å². The molecule has 3 nitrogen and oxygen atoms in total. The Kier molecular flexibility index (Phi) is 4.07. The van der Waals surface area contributed by atoms with Crippen LogP contribution in [0.3, 0.4) is 0 Å². The molecule has 0 aliphatic carbocycles. The fraction of sp³-hybridized carbons (Fsp3) is 0.600. The van der Waals surface area contributed by atoms with Crippen molar-refractivity contribution in [3.8, 4) is 0 Å². The Labute approximate surface area is 88.6 Å². The van der Waals surface area contributed by atoms with E-state index in [0.29, 0.717) is 6.54 Å². The second kappa shape index (κ2) is 5.10. The Bertz CT molecular complexity index is 307. The van der Waals surface area contributed by atoms with Gasteiger partial charge in [-0.1, -0.05) is 20.8 Å². The Morgan fingerprint density at radius 3 is 2.86 bits per heavy atom. The fourth-order valence-corrected chi connectivity index (χ4v) is 1.72. The molecule has 1 aromatic heterocycles. The van der Waals surface area contributed by atoms with Gasteiger partial charge >= 0.3 is 0 Å². The van der Waals surface area contributed by atoms with Gasteiger partial charge in [0.2, 0.25) is 5.91 Å². The number of thiazole rings is 1. The highest BCUT2D eigenvalue weighted by Crippen LogP contribution is 2.09. The maximum atomic E-state index is 11.3. The zero-order valence-corrected chi connectivity index (χ0v) is 9.65. The first-order valence-electron chi connectivity index (χ1n) is 4.84. The molecule has 0 aliphatic rings. The number of carbonyl (C=O) groups is 1. The first-order chi connectivity index (χ1) is 6.63. The Hall–Kier alpha value is -0.900. The number of carbonyl (C=O) groups excluding carboxylic acids is 1. The van der Waals surface area contributed by atoms with Crippen LogP contribution in [-0.2, 0) is 17.8 Å². The standard InChI is InChI=1S/C10H16N2OS/c1-4-9-12-8(6-14-9)5-11-10(13)7(2)3/h6-7H,4-5H2,1-3H3,(H,11,13). The van der Waals surface area contributed by atoms with Crippen molar-refractivity contribution in [2.75, 3.05) is 0 Å². The van der Waals surface area contributed by atoms with Gasteiger partial charge in [-0.2, -0.15) is 0 Å². The molecule has 0 radical (unpaired) electrons. The average Bonchev–Trinajstić information content (AvgIpc) is 2.61. The summed E-state index contributed by atoms with van der Waals surface area (Å²) < 4.78 is 0. The van der Waals surface area contributed by atoms with E-state index in [9.17, 15) is 4.79 Å². The van der Waals surface area contributed by atoms with Crippen LogP contribution in [0.1, 0.15) is 31.5 Å². The monoisotopic (exact) mass is 212 g/mol. The minimum Gasteiger partial charge on any atom is -0.350 e. The molecule has 0 spiro atoms. The molecular weight excluding hydrogens is 196 g/mol. The smallest absolute Gasteiger partial charge is 0.222 e. The number of nitrogens with zero attached hydrogens (tertiary/aromatic N) is 1. The maximum Gasteiger partial charge on any atom is 0.222 e. The van der Waals surface area contributed by atoms with Gasteiger partial charge in [0, 0.05) is 11.3 Å². The number of aromatic nitrogens is 1. The summed E-state index contributed by atoms with van der Waals surface area (Å²) in [6, 6.07) is 0. The van der Waals surface area contributed by atoms with E-state index in [1.807, 2.05) is 19.2 Å². The summed E-state index contributed by atoms with van der Waals surface area (Å²) in [5.41, 5.74) is 0.959. The third kappa shape index (κ3) is 3.10. The highest BCUT2D eigenvalue weighted by atomic mass is 32.1. The van der Waals surface area contributed by atoms with Gasteiger partial charge in [0.1, 0.15) is 0 Å². The zero-order chi connectivity index (χ0) is 10.6. The van der Waals surface area contributed by atoms with Gasteiger partial charge in [-0.05, 0) is 6.42 Å². The van der Waals surface area contributed by atoms with E-state index in [4.69, 9.17) is 0 Å². The molecule has 1 amide bonds. The molecular formula is C10H16N2OS. The summed E-state index contributed by atoms with van der Waals surface area (Å²) in [5, 5.41) is 5.96. The molecule has 14 heavy (non-hydrogen) atoms. The van der Waals surface area contributed by atoms with Crippen molar-refractivity contribution >= 4 is 17.2 Å². The van der Waals surface area contributed by atoms with Crippen molar-refractivity contribution < 1.29 is 4.79 Å². The number of rotatable bonds is 4. The van der Waals surface area contributed by atoms with E-state index in [2.05, 4.69) is 17.2 Å². The normalized spacial score (nSPS) is 10.6. The SMILES string of the molecule is CCc1nc(CNC(=O)C(C)C)cs1. The summed E-state index contributed by atoms with van der Waals surface area (Å²) in [7, 11) is 0. The first-order valence-corrected chi connectivity index (χ1v) is 5.72. The molecule has 0 bridgehead atoms. The Morgan fingerprint density at radius 1 is 1.64 bits per heavy atom. The molecule has 0 aromatic carbocycles.